The maximum absolute atomic E-state index is 11.3. The van der Waals surface area contributed by atoms with Crippen molar-refractivity contribution >= 4 is 21.4 Å². The van der Waals surface area contributed by atoms with Crippen LogP contribution in [0.2, 0.25) is 0 Å². The number of primary sulfonamides is 1. The van der Waals surface area contributed by atoms with E-state index in [0.29, 0.717) is 11.3 Å². The minimum atomic E-state index is -3.77. The Hall–Kier alpha value is -2.45. The molecule has 116 valence electrons. The maximum Gasteiger partial charge on any atom is 0.292 e. The van der Waals surface area contributed by atoms with Gasteiger partial charge >= 0.3 is 0 Å². The smallest absolute Gasteiger partial charge is 0.292 e. The van der Waals surface area contributed by atoms with Crippen LogP contribution in [0.4, 0.5) is 11.4 Å². The van der Waals surface area contributed by atoms with Gasteiger partial charge in [-0.1, -0.05) is 18.2 Å². The lowest BCUT2D eigenvalue weighted by atomic mass is 10.1. The molecule has 0 radical (unpaired) electrons. The highest BCUT2D eigenvalue weighted by atomic mass is 32.2. The molecule has 8 heteroatoms. The highest BCUT2D eigenvalue weighted by Gasteiger charge is 2.14. The quantitative estimate of drug-likeness (QED) is 0.646. The van der Waals surface area contributed by atoms with Crippen LogP contribution in [-0.2, 0) is 16.6 Å². The molecule has 0 unspecified atom stereocenters. The third-order valence-electron chi connectivity index (χ3n) is 3.06. The molecule has 2 aromatic rings. The molecule has 0 aliphatic heterocycles. The van der Waals surface area contributed by atoms with Crippen LogP contribution in [0.5, 0.6) is 0 Å². The molecule has 0 amide bonds. The minimum absolute atomic E-state index is 0.00482. The predicted octanol–water partition coefficient (Wildman–Crippen LogP) is 2.16. The Balaban J connectivity index is 2.23. The van der Waals surface area contributed by atoms with Gasteiger partial charge in [-0.15, -0.1) is 0 Å². The van der Waals surface area contributed by atoms with E-state index in [9.17, 15) is 18.5 Å². The van der Waals surface area contributed by atoms with Crippen LogP contribution >= 0.6 is 0 Å². The first-order valence-corrected chi connectivity index (χ1v) is 7.92. The molecule has 3 N–H and O–H groups in total. The van der Waals surface area contributed by atoms with Gasteiger partial charge < -0.3 is 5.32 Å². The normalized spacial score (nSPS) is 11.2. The second-order valence-electron chi connectivity index (χ2n) is 4.82. The summed E-state index contributed by atoms with van der Waals surface area (Å²) in [5, 5.41) is 19.1. The first-order valence-electron chi connectivity index (χ1n) is 6.38. The van der Waals surface area contributed by atoms with E-state index in [1.54, 1.807) is 31.2 Å². The summed E-state index contributed by atoms with van der Waals surface area (Å²) in [7, 11) is -3.77. The molecule has 0 fully saturated rings. The molecule has 0 heterocycles. The summed E-state index contributed by atoms with van der Waals surface area (Å²) in [6.07, 6.45) is 0. The van der Waals surface area contributed by atoms with Gasteiger partial charge in [0.2, 0.25) is 10.0 Å². The molecule has 22 heavy (non-hydrogen) atoms. The summed E-state index contributed by atoms with van der Waals surface area (Å²) >= 11 is 0. The minimum Gasteiger partial charge on any atom is -0.375 e. The maximum atomic E-state index is 11.3. The van der Waals surface area contributed by atoms with Crippen LogP contribution in [0.3, 0.4) is 0 Å². The molecular weight excluding hydrogens is 306 g/mol. The number of benzene rings is 2. The van der Waals surface area contributed by atoms with Gasteiger partial charge in [-0.25, -0.2) is 13.6 Å². The summed E-state index contributed by atoms with van der Waals surface area (Å²) < 4.78 is 22.6. The van der Waals surface area contributed by atoms with Crippen molar-refractivity contribution in [2.24, 2.45) is 5.14 Å². The lowest BCUT2D eigenvalue weighted by molar-refractivity contribution is -0.384. The Bertz CT molecular complexity index is 819. The second kappa shape index (κ2) is 6.12. The van der Waals surface area contributed by atoms with E-state index in [1.165, 1.54) is 18.2 Å². The van der Waals surface area contributed by atoms with E-state index in [1.807, 2.05) is 0 Å². The first-order chi connectivity index (χ1) is 10.3. The van der Waals surface area contributed by atoms with E-state index in [-0.39, 0.29) is 17.1 Å². The number of hydrogen-bond donors (Lipinski definition) is 2. The van der Waals surface area contributed by atoms with Crippen molar-refractivity contribution < 1.29 is 13.3 Å². The third-order valence-corrected chi connectivity index (χ3v) is 3.97. The second-order valence-corrected chi connectivity index (χ2v) is 6.39. The van der Waals surface area contributed by atoms with Crippen molar-refractivity contribution in [3.05, 3.63) is 63.7 Å². The molecule has 7 nitrogen and oxygen atoms in total. The van der Waals surface area contributed by atoms with E-state index in [2.05, 4.69) is 5.32 Å². The number of nitrogens with zero attached hydrogens (tertiary/aromatic N) is 1. The molecule has 0 aliphatic carbocycles. The highest BCUT2D eigenvalue weighted by Crippen LogP contribution is 2.26. The topological polar surface area (TPSA) is 115 Å². The number of sulfonamides is 1. The summed E-state index contributed by atoms with van der Waals surface area (Å²) in [6, 6.07) is 11.0. The standard InChI is InChI=1S/C14H15N3O4S/c1-10-5-6-13(14(7-10)17(18)19)16-9-11-3-2-4-12(8-11)22(15,20)21/h2-8,16H,9H2,1H3,(H2,15,20,21). The third kappa shape index (κ3) is 3.80. The van der Waals surface area contributed by atoms with Gasteiger partial charge in [0.05, 0.1) is 9.82 Å². The van der Waals surface area contributed by atoms with Gasteiger partial charge in [0.15, 0.2) is 0 Å². The van der Waals surface area contributed by atoms with E-state index >= 15 is 0 Å². The summed E-state index contributed by atoms with van der Waals surface area (Å²) in [5.74, 6) is 0. The SMILES string of the molecule is Cc1ccc(NCc2cccc(S(N)(=O)=O)c2)c([N+](=O)[O-])c1. The summed E-state index contributed by atoms with van der Waals surface area (Å²) in [6.45, 7) is 2.01. The zero-order valence-electron chi connectivity index (χ0n) is 11.8. The van der Waals surface area contributed by atoms with Crippen LogP contribution in [0, 0.1) is 17.0 Å². The lowest BCUT2D eigenvalue weighted by Gasteiger charge is -2.09. The number of nitro groups is 1. The largest absolute Gasteiger partial charge is 0.375 e. The van der Waals surface area contributed by atoms with Gasteiger partial charge in [0, 0.05) is 12.6 Å². The van der Waals surface area contributed by atoms with Crippen LogP contribution in [0.1, 0.15) is 11.1 Å². The van der Waals surface area contributed by atoms with E-state index < -0.39 is 14.9 Å². The molecular formula is C14H15N3O4S. The monoisotopic (exact) mass is 321 g/mol. The van der Waals surface area contributed by atoms with E-state index in [4.69, 9.17) is 5.14 Å². The molecule has 0 saturated heterocycles. The van der Waals surface area contributed by atoms with Crippen LogP contribution in [0.25, 0.3) is 0 Å². The Morgan fingerprint density at radius 1 is 1.23 bits per heavy atom. The van der Waals surface area contributed by atoms with Crippen molar-refractivity contribution in [1.29, 1.82) is 0 Å². The summed E-state index contributed by atoms with van der Waals surface area (Å²) in [4.78, 5) is 10.6. The highest BCUT2D eigenvalue weighted by molar-refractivity contribution is 7.89. The zero-order valence-corrected chi connectivity index (χ0v) is 12.6. The van der Waals surface area contributed by atoms with Gasteiger partial charge in [0.25, 0.3) is 5.69 Å². The van der Waals surface area contributed by atoms with Gasteiger partial charge in [-0.2, -0.15) is 0 Å². The Morgan fingerprint density at radius 2 is 1.95 bits per heavy atom. The van der Waals surface area contributed by atoms with Crippen molar-refractivity contribution in [3.63, 3.8) is 0 Å². The van der Waals surface area contributed by atoms with Crippen LogP contribution in [0.15, 0.2) is 47.4 Å². The van der Waals surface area contributed by atoms with Crippen molar-refractivity contribution in [2.45, 2.75) is 18.4 Å². The average molecular weight is 321 g/mol. The molecule has 0 aliphatic rings. The number of nitrogens with one attached hydrogen (secondary N) is 1. The summed E-state index contributed by atoms with van der Waals surface area (Å²) in [5.41, 5.74) is 1.79. The number of nitrogens with two attached hydrogens (primary N) is 1. The fourth-order valence-electron chi connectivity index (χ4n) is 1.97. The van der Waals surface area contributed by atoms with Crippen LogP contribution < -0.4 is 10.5 Å². The van der Waals surface area contributed by atoms with Crippen molar-refractivity contribution in [3.8, 4) is 0 Å². The van der Waals surface area contributed by atoms with Crippen molar-refractivity contribution in [1.82, 2.24) is 0 Å². The fourth-order valence-corrected chi connectivity index (χ4v) is 2.56. The molecule has 0 aromatic heterocycles. The number of hydrogen-bond acceptors (Lipinski definition) is 5. The van der Waals surface area contributed by atoms with Gasteiger partial charge in [0.1, 0.15) is 5.69 Å². The Morgan fingerprint density at radius 3 is 2.59 bits per heavy atom. The van der Waals surface area contributed by atoms with Crippen LogP contribution in [-0.4, -0.2) is 13.3 Å². The lowest BCUT2D eigenvalue weighted by Crippen LogP contribution is -2.12. The van der Waals surface area contributed by atoms with Gasteiger partial charge in [-0.3, -0.25) is 10.1 Å². The zero-order chi connectivity index (χ0) is 16.3. The van der Waals surface area contributed by atoms with E-state index in [0.717, 1.165) is 5.56 Å². The average Bonchev–Trinajstić information content (AvgIpc) is 2.45. The number of rotatable bonds is 5. The number of nitro benzene ring substituents is 1. The van der Waals surface area contributed by atoms with Crippen molar-refractivity contribution in [2.75, 3.05) is 5.32 Å². The molecule has 0 atom stereocenters. The number of aryl methyl sites for hydroxylation is 1. The molecule has 0 saturated carbocycles. The molecule has 0 spiro atoms. The first kappa shape index (κ1) is 15.9. The fraction of sp³-hybridized carbons (Fsp3) is 0.143. The molecule has 0 bridgehead atoms. The van der Waals surface area contributed by atoms with Gasteiger partial charge in [-0.05, 0) is 36.2 Å². The predicted molar refractivity (Wildman–Crippen MR) is 83.0 cm³/mol. The number of anilines is 1. The Kier molecular flexibility index (Phi) is 4.43. The molecule has 2 aromatic carbocycles. The Labute approximate surface area is 128 Å². The molecule has 2 rings (SSSR count).